The van der Waals surface area contributed by atoms with E-state index in [-0.39, 0.29) is 31.0 Å². The van der Waals surface area contributed by atoms with Crippen molar-refractivity contribution in [1.29, 1.82) is 0 Å². The molecule has 0 radical (unpaired) electrons. The van der Waals surface area contributed by atoms with Crippen LogP contribution in [0.1, 0.15) is 22.3 Å². The molecule has 1 aliphatic carbocycles. The number of alkyl halides is 5. The van der Waals surface area contributed by atoms with Gasteiger partial charge >= 0.3 is 6.18 Å². The fourth-order valence-corrected chi connectivity index (χ4v) is 4.29. The summed E-state index contributed by atoms with van der Waals surface area (Å²) in [5, 5.41) is 6.72. The van der Waals surface area contributed by atoms with E-state index in [1.807, 2.05) is 0 Å². The van der Waals surface area contributed by atoms with E-state index < -0.39 is 56.0 Å². The van der Waals surface area contributed by atoms with Gasteiger partial charge in [0, 0.05) is 49.1 Å². The lowest BCUT2D eigenvalue weighted by molar-refractivity contribution is -0.137. The minimum Gasteiger partial charge on any atom is -0.355 e. The lowest BCUT2D eigenvalue weighted by Crippen LogP contribution is -2.34. The van der Waals surface area contributed by atoms with Crippen LogP contribution in [0.4, 0.5) is 33.5 Å². The number of aromatic nitrogens is 2. The molecule has 172 valence electrons. The Morgan fingerprint density at radius 1 is 1.22 bits per heavy atom. The van der Waals surface area contributed by atoms with Gasteiger partial charge in [0.1, 0.15) is 5.82 Å². The number of nitrogens with two attached hydrogens (primary N) is 1. The number of nitrogens with one attached hydrogen (secondary N) is 1. The van der Waals surface area contributed by atoms with Crippen LogP contribution in [-0.2, 0) is 16.2 Å². The van der Waals surface area contributed by atoms with Crippen LogP contribution in [0.15, 0.2) is 35.6 Å². The summed E-state index contributed by atoms with van der Waals surface area (Å²) in [5.74, 6) is -5.77. The fraction of sp³-hybridized carbons (Fsp3) is 0.389. The Labute approximate surface area is 178 Å². The van der Waals surface area contributed by atoms with Gasteiger partial charge in [-0.05, 0) is 18.6 Å². The highest BCUT2D eigenvalue weighted by atomic mass is 32.2. The van der Waals surface area contributed by atoms with Crippen molar-refractivity contribution in [3.8, 4) is 0 Å². The fourth-order valence-electron chi connectivity index (χ4n) is 3.79. The van der Waals surface area contributed by atoms with E-state index in [2.05, 4.69) is 15.3 Å². The molecule has 2 atom stereocenters. The SMILES string of the molecule is NS(=O)(=O)c1cc(NC(=O)c2cc(C(F)(F)F)cnc2N2CC[C@@H]3[C@H](C2)C3(F)F)ccn1. The lowest BCUT2D eigenvalue weighted by Gasteiger charge is -2.28. The maximum Gasteiger partial charge on any atom is 0.417 e. The molecule has 0 spiro atoms. The van der Waals surface area contributed by atoms with Gasteiger partial charge in [-0.25, -0.2) is 32.3 Å². The monoisotopic (exact) mass is 477 g/mol. The number of hydrogen-bond donors (Lipinski definition) is 2. The molecule has 0 unspecified atom stereocenters. The molecule has 3 heterocycles. The Hall–Kier alpha value is -2.87. The molecule has 4 rings (SSSR count). The van der Waals surface area contributed by atoms with Gasteiger partial charge in [0.05, 0.1) is 11.1 Å². The normalized spacial score (nSPS) is 22.2. The number of primary sulfonamides is 1. The molecule has 0 bridgehead atoms. The van der Waals surface area contributed by atoms with Crippen LogP contribution < -0.4 is 15.4 Å². The van der Waals surface area contributed by atoms with Crippen molar-refractivity contribution in [2.24, 2.45) is 17.0 Å². The topological polar surface area (TPSA) is 118 Å². The Morgan fingerprint density at radius 3 is 2.56 bits per heavy atom. The molecule has 32 heavy (non-hydrogen) atoms. The van der Waals surface area contributed by atoms with Crippen molar-refractivity contribution in [1.82, 2.24) is 9.97 Å². The van der Waals surface area contributed by atoms with E-state index in [4.69, 9.17) is 5.14 Å². The molecule has 2 aliphatic rings. The summed E-state index contributed by atoms with van der Waals surface area (Å²) in [6, 6.07) is 2.73. The largest absolute Gasteiger partial charge is 0.417 e. The number of halogens is 5. The number of rotatable bonds is 4. The highest BCUT2D eigenvalue weighted by Crippen LogP contribution is 2.59. The van der Waals surface area contributed by atoms with Crippen molar-refractivity contribution >= 4 is 27.4 Å². The van der Waals surface area contributed by atoms with Gasteiger partial charge in [0.2, 0.25) is 0 Å². The van der Waals surface area contributed by atoms with Crippen molar-refractivity contribution in [2.75, 3.05) is 23.3 Å². The predicted molar refractivity (Wildman–Crippen MR) is 102 cm³/mol. The van der Waals surface area contributed by atoms with Crippen LogP contribution >= 0.6 is 0 Å². The van der Waals surface area contributed by atoms with E-state index in [1.54, 1.807) is 0 Å². The Balaban J connectivity index is 1.67. The van der Waals surface area contributed by atoms with Gasteiger partial charge in [-0.15, -0.1) is 0 Å². The molecular formula is C18H16F5N5O3S. The molecule has 1 amide bonds. The van der Waals surface area contributed by atoms with Crippen LogP contribution in [0, 0.1) is 11.8 Å². The summed E-state index contributed by atoms with van der Waals surface area (Å²) in [6.45, 7) is -0.0542. The number of anilines is 2. The summed E-state index contributed by atoms with van der Waals surface area (Å²) in [7, 11) is -4.19. The van der Waals surface area contributed by atoms with E-state index in [1.165, 1.54) is 11.0 Å². The molecule has 2 aromatic rings. The molecular weight excluding hydrogens is 461 g/mol. The predicted octanol–water partition coefficient (Wildman–Crippen LogP) is 2.49. The second-order valence-corrected chi connectivity index (χ2v) is 9.11. The first kappa shape index (κ1) is 22.3. The average molecular weight is 477 g/mol. The maximum absolute atomic E-state index is 13.8. The number of pyridine rings is 2. The van der Waals surface area contributed by atoms with Crippen LogP contribution in [0.25, 0.3) is 0 Å². The van der Waals surface area contributed by atoms with Gasteiger partial charge in [0.25, 0.3) is 21.9 Å². The number of carbonyl (C=O) groups excluding carboxylic acids is 1. The number of carbonyl (C=O) groups is 1. The van der Waals surface area contributed by atoms with Gasteiger partial charge < -0.3 is 10.2 Å². The summed E-state index contributed by atoms with van der Waals surface area (Å²) in [5.41, 5.74) is -1.78. The zero-order valence-corrected chi connectivity index (χ0v) is 16.9. The van der Waals surface area contributed by atoms with E-state index in [9.17, 15) is 35.2 Å². The number of fused-ring (bicyclic) bond motifs is 1. The van der Waals surface area contributed by atoms with Gasteiger partial charge in [-0.2, -0.15) is 13.2 Å². The third-order valence-corrected chi connectivity index (χ3v) is 6.32. The molecule has 1 saturated carbocycles. The van der Waals surface area contributed by atoms with Gasteiger partial charge in [-0.1, -0.05) is 0 Å². The number of hydrogen-bond acceptors (Lipinski definition) is 6. The standard InChI is InChI=1S/C18H16F5N5O3S/c19-17(20)12-2-4-28(8-13(12)17)15-11(5-9(7-26-15)18(21,22)23)16(29)27-10-1-3-25-14(6-10)32(24,30)31/h1,3,5-7,12-13H,2,4,8H2,(H2,24,30,31)(H,25,27,29)/t12-,13+/m1/s1. The second-order valence-electron chi connectivity index (χ2n) is 7.60. The molecule has 2 aromatic heterocycles. The van der Waals surface area contributed by atoms with Crippen molar-refractivity contribution in [3.05, 3.63) is 41.7 Å². The number of nitrogens with zero attached hydrogens (tertiary/aromatic N) is 3. The van der Waals surface area contributed by atoms with Crippen molar-refractivity contribution < 1.29 is 35.2 Å². The first-order valence-electron chi connectivity index (χ1n) is 9.28. The third-order valence-electron chi connectivity index (χ3n) is 5.51. The molecule has 3 N–H and O–H groups in total. The molecule has 1 aliphatic heterocycles. The van der Waals surface area contributed by atoms with Gasteiger partial charge in [-0.3, -0.25) is 4.79 Å². The minimum atomic E-state index is -4.80. The maximum atomic E-state index is 13.8. The summed E-state index contributed by atoms with van der Waals surface area (Å²) < 4.78 is 90.0. The molecule has 1 saturated heterocycles. The molecule has 14 heteroatoms. The zero-order chi connectivity index (χ0) is 23.5. The Morgan fingerprint density at radius 2 is 1.94 bits per heavy atom. The van der Waals surface area contributed by atoms with Crippen LogP contribution in [0.5, 0.6) is 0 Å². The van der Waals surface area contributed by atoms with E-state index >= 15 is 0 Å². The van der Waals surface area contributed by atoms with Gasteiger partial charge in [0.15, 0.2) is 5.03 Å². The summed E-state index contributed by atoms with van der Waals surface area (Å²) in [6.07, 6.45) is -3.10. The highest BCUT2D eigenvalue weighted by molar-refractivity contribution is 7.89. The molecule has 0 aromatic carbocycles. The first-order valence-corrected chi connectivity index (χ1v) is 10.8. The average Bonchev–Trinajstić information content (AvgIpc) is 3.26. The summed E-state index contributed by atoms with van der Waals surface area (Å²) in [4.78, 5) is 21.5. The quantitative estimate of drug-likeness (QED) is 0.654. The molecule has 8 nitrogen and oxygen atoms in total. The van der Waals surface area contributed by atoms with Crippen LogP contribution in [0.3, 0.4) is 0 Å². The number of piperidine rings is 1. The highest BCUT2D eigenvalue weighted by Gasteiger charge is 2.69. The first-order chi connectivity index (χ1) is 14.8. The van der Waals surface area contributed by atoms with Crippen LogP contribution in [0.2, 0.25) is 0 Å². The van der Waals surface area contributed by atoms with E-state index in [0.29, 0.717) is 12.3 Å². The van der Waals surface area contributed by atoms with Crippen molar-refractivity contribution in [2.45, 2.75) is 23.5 Å². The summed E-state index contributed by atoms with van der Waals surface area (Å²) >= 11 is 0. The lowest BCUT2D eigenvalue weighted by atomic mass is 10.1. The third kappa shape index (κ3) is 4.11. The zero-order valence-electron chi connectivity index (χ0n) is 16.1. The smallest absolute Gasteiger partial charge is 0.355 e. The van der Waals surface area contributed by atoms with E-state index in [0.717, 1.165) is 12.3 Å². The van der Waals surface area contributed by atoms with Crippen molar-refractivity contribution in [3.63, 3.8) is 0 Å². The minimum absolute atomic E-state index is 0.0928. The Kier molecular flexibility index (Phi) is 5.12. The Bertz CT molecular complexity index is 1190. The number of amides is 1. The van der Waals surface area contributed by atoms with Crippen LogP contribution in [-0.4, -0.2) is 43.3 Å². The molecule has 2 fully saturated rings. The number of sulfonamides is 1. The second kappa shape index (κ2) is 7.33.